The van der Waals surface area contributed by atoms with Crippen molar-refractivity contribution in [1.29, 1.82) is 0 Å². The van der Waals surface area contributed by atoms with Gasteiger partial charge in [-0.05, 0) is 55.7 Å². The zero-order valence-electron chi connectivity index (χ0n) is 12.5. The normalized spacial score (nSPS) is 15.6. The summed E-state index contributed by atoms with van der Waals surface area (Å²) in [5.74, 6) is 0.682. The summed E-state index contributed by atoms with van der Waals surface area (Å²) in [6, 6.07) is 10.4. The quantitative estimate of drug-likeness (QED) is 0.702. The van der Waals surface area contributed by atoms with E-state index < -0.39 is 0 Å². The van der Waals surface area contributed by atoms with Gasteiger partial charge in [-0.25, -0.2) is 4.99 Å². The van der Waals surface area contributed by atoms with Gasteiger partial charge in [0.1, 0.15) is 0 Å². The molecule has 20 heavy (non-hydrogen) atoms. The number of nitrogens with zero attached hydrogens (tertiary/aromatic N) is 2. The van der Waals surface area contributed by atoms with Gasteiger partial charge in [-0.15, -0.1) is 0 Å². The summed E-state index contributed by atoms with van der Waals surface area (Å²) in [5, 5.41) is 0. The highest BCUT2D eigenvalue weighted by Gasteiger charge is 2.05. The highest BCUT2D eigenvalue weighted by molar-refractivity contribution is 6.19. The van der Waals surface area contributed by atoms with Gasteiger partial charge in [0.25, 0.3) is 0 Å². The minimum absolute atomic E-state index is 0.368. The molecule has 2 nitrogen and oxygen atoms in total. The van der Waals surface area contributed by atoms with Crippen LogP contribution in [-0.4, -0.2) is 17.5 Å². The van der Waals surface area contributed by atoms with Crippen molar-refractivity contribution in [1.82, 2.24) is 0 Å². The Morgan fingerprint density at radius 2 is 1.45 bits per heavy atom. The molecule has 1 atom stereocenters. The lowest BCUT2D eigenvalue weighted by molar-refractivity contribution is 0.522. The predicted octanol–water partition coefficient (Wildman–Crippen LogP) is 4.76. The third-order valence-corrected chi connectivity index (χ3v) is 3.05. The first-order valence-electron chi connectivity index (χ1n) is 7.21. The molecule has 1 aromatic rings. The van der Waals surface area contributed by atoms with Gasteiger partial charge < -0.3 is 0 Å². The Morgan fingerprint density at radius 1 is 0.850 bits per heavy atom. The zero-order chi connectivity index (χ0) is 14.4. The number of para-hydroxylation sites is 1. The first kappa shape index (κ1) is 14.4. The highest BCUT2D eigenvalue weighted by atomic mass is 14.8. The van der Waals surface area contributed by atoms with Crippen LogP contribution in [0.5, 0.6) is 0 Å². The Balaban J connectivity index is 2.03. The van der Waals surface area contributed by atoms with Crippen LogP contribution in [0.15, 0.2) is 64.6 Å². The van der Waals surface area contributed by atoms with E-state index in [0.29, 0.717) is 12.0 Å². The third kappa shape index (κ3) is 4.61. The van der Waals surface area contributed by atoms with E-state index >= 15 is 0 Å². The van der Waals surface area contributed by atoms with Gasteiger partial charge in [-0.1, -0.05) is 32.0 Å². The lowest BCUT2D eigenvalue weighted by Gasteiger charge is -2.11. The molecular weight excluding hydrogens is 244 g/mol. The fraction of sp³-hybridized carbons (Fsp3) is 0.333. The highest BCUT2D eigenvalue weighted by Crippen LogP contribution is 2.13. The standard InChI is InChI=1S/C18H22N2/c1-14(2)13-15(3)19-17-9-11-18(12-10-17)20-16-7-5-4-6-8-16/h4-12,14-15H,13H2,1-3H3. The van der Waals surface area contributed by atoms with Crippen LogP contribution in [0.2, 0.25) is 0 Å². The largest absolute Gasteiger partial charge is 0.282 e. The molecule has 0 spiro atoms. The fourth-order valence-electron chi connectivity index (χ4n) is 2.25. The minimum Gasteiger partial charge on any atom is -0.282 e. The molecule has 0 bridgehead atoms. The molecule has 1 unspecified atom stereocenters. The molecule has 0 N–H and O–H groups in total. The predicted molar refractivity (Wildman–Crippen MR) is 88.2 cm³/mol. The SMILES string of the molecule is CC(C)CC(C)N=C1C=CC(=Nc2ccccc2)C=C1. The van der Waals surface area contributed by atoms with Crippen molar-refractivity contribution in [3.63, 3.8) is 0 Å². The van der Waals surface area contributed by atoms with Crippen LogP contribution in [0.3, 0.4) is 0 Å². The number of hydrogen-bond acceptors (Lipinski definition) is 2. The van der Waals surface area contributed by atoms with Crippen molar-refractivity contribution < 1.29 is 0 Å². The smallest absolute Gasteiger partial charge is 0.0638 e. The van der Waals surface area contributed by atoms with Gasteiger partial charge in [-0.3, -0.25) is 4.99 Å². The fourth-order valence-corrected chi connectivity index (χ4v) is 2.25. The second kappa shape index (κ2) is 6.99. The lowest BCUT2D eigenvalue weighted by Crippen LogP contribution is -2.08. The van der Waals surface area contributed by atoms with Crippen molar-refractivity contribution in [3.05, 3.63) is 54.6 Å². The molecule has 0 aliphatic heterocycles. The van der Waals surface area contributed by atoms with Crippen LogP contribution in [0.1, 0.15) is 27.2 Å². The average molecular weight is 266 g/mol. The Labute approximate surface area is 121 Å². The van der Waals surface area contributed by atoms with Crippen molar-refractivity contribution in [2.45, 2.75) is 33.2 Å². The molecule has 0 saturated carbocycles. The van der Waals surface area contributed by atoms with E-state index in [1.54, 1.807) is 0 Å². The van der Waals surface area contributed by atoms with E-state index in [4.69, 9.17) is 4.99 Å². The van der Waals surface area contributed by atoms with Gasteiger partial charge in [0.05, 0.1) is 17.1 Å². The monoisotopic (exact) mass is 266 g/mol. The minimum atomic E-state index is 0.368. The molecule has 1 aliphatic rings. The molecule has 1 aromatic carbocycles. The molecule has 0 aromatic heterocycles. The molecule has 104 valence electrons. The molecule has 0 amide bonds. The number of allylic oxidation sites excluding steroid dienone is 4. The lowest BCUT2D eigenvalue weighted by atomic mass is 10.1. The summed E-state index contributed by atoms with van der Waals surface area (Å²) in [6.07, 6.45) is 9.25. The van der Waals surface area contributed by atoms with Crippen LogP contribution < -0.4 is 0 Å². The van der Waals surface area contributed by atoms with E-state index in [-0.39, 0.29) is 0 Å². The molecule has 0 saturated heterocycles. The number of benzene rings is 1. The Hall–Kier alpha value is -1.96. The van der Waals surface area contributed by atoms with E-state index in [9.17, 15) is 0 Å². The van der Waals surface area contributed by atoms with Crippen molar-refractivity contribution in [3.8, 4) is 0 Å². The van der Waals surface area contributed by atoms with Crippen LogP contribution in [-0.2, 0) is 0 Å². The Morgan fingerprint density at radius 3 is 2.05 bits per heavy atom. The summed E-state index contributed by atoms with van der Waals surface area (Å²) in [4.78, 5) is 9.27. The molecular formula is C18H22N2. The van der Waals surface area contributed by atoms with Crippen molar-refractivity contribution in [2.24, 2.45) is 15.9 Å². The number of aliphatic imine (C=N–C) groups is 2. The summed E-state index contributed by atoms with van der Waals surface area (Å²) >= 11 is 0. The van der Waals surface area contributed by atoms with E-state index in [1.807, 2.05) is 54.6 Å². The molecule has 0 heterocycles. The van der Waals surface area contributed by atoms with Crippen LogP contribution in [0.25, 0.3) is 0 Å². The topological polar surface area (TPSA) is 24.7 Å². The van der Waals surface area contributed by atoms with Gasteiger partial charge >= 0.3 is 0 Å². The molecule has 2 heteroatoms. The maximum Gasteiger partial charge on any atom is 0.0638 e. The molecule has 0 radical (unpaired) electrons. The van der Waals surface area contributed by atoms with Crippen LogP contribution in [0, 0.1) is 5.92 Å². The summed E-state index contributed by atoms with van der Waals surface area (Å²) in [7, 11) is 0. The van der Waals surface area contributed by atoms with Crippen molar-refractivity contribution in [2.75, 3.05) is 0 Å². The summed E-state index contributed by atoms with van der Waals surface area (Å²) < 4.78 is 0. The first-order chi connectivity index (χ1) is 9.63. The molecule has 0 fully saturated rings. The van der Waals surface area contributed by atoms with Crippen LogP contribution >= 0.6 is 0 Å². The van der Waals surface area contributed by atoms with Gasteiger partial charge in [0.15, 0.2) is 0 Å². The summed E-state index contributed by atoms with van der Waals surface area (Å²) in [6.45, 7) is 6.63. The second-order valence-electron chi connectivity index (χ2n) is 5.57. The third-order valence-electron chi connectivity index (χ3n) is 3.05. The van der Waals surface area contributed by atoms with Crippen molar-refractivity contribution >= 4 is 17.1 Å². The maximum absolute atomic E-state index is 4.71. The Kier molecular flexibility index (Phi) is 5.05. The van der Waals surface area contributed by atoms with Gasteiger partial charge in [0, 0.05) is 6.04 Å². The average Bonchev–Trinajstić information content (AvgIpc) is 2.41. The van der Waals surface area contributed by atoms with E-state index in [0.717, 1.165) is 23.5 Å². The van der Waals surface area contributed by atoms with E-state index in [2.05, 4.69) is 25.8 Å². The number of rotatable bonds is 4. The van der Waals surface area contributed by atoms with Crippen LogP contribution in [0.4, 0.5) is 5.69 Å². The van der Waals surface area contributed by atoms with Gasteiger partial charge in [0.2, 0.25) is 0 Å². The molecule has 1 aliphatic carbocycles. The second-order valence-corrected chi connectivity index (χ2v) is 5.57. The summed E-state index contributed by atoms with van der Waals surface area (Å²) in [5.41, 5.74) is 2.97. The maximum atomic E-state index is 4.71. The number of hydrogen-bond donors (Lipinski definition) is 0. The van der Waals surface area contributed by atoms with Gasteiger partial charge in [-0.2, -0.15) is 0 Å². The molecule has 2 rings (SSSR count). The first-order valence-corrected chi connectivity index (χ1v) is 7.21. The zero-order valence-corrected chi connectivity index (χ0v) is 12.5. The van der Waals surface area contributed by atoms with E-state index in [1.165, 1.54) is 0 Å². The Bertz CT molecular complexity index is 530.